The Balaban J connectivity index is 1.87. The molecule has 4 heteroatoms. The van der Waals surface area contributed by atoms with E-state index in [1.54, 1.807) is 0 Å². The Labute approximate surface area is 142 Å². The molecule has 4 nitrogen and oxygen atoms in total. The summed E-state index contributed by atoms with van der Waals surface area (Å²) in [6.45, 7) is 2.21. The molecule has 0 aliphatic heterocycles. The molecule has 0 bridgehead atoms. The highest BCUT2D eigenvalue weighted by molar-refractivity contribution is 5.66. The lowest BCUT2D eigenvalue weighted by atomic mass is 9.60. The fraction of sp³-hybridized carbons (Fsp3) is 0.400. The third kappa shape index (κ3) is 2.01. The molecule has 122 valence electrons. The molecule has 1 aromatic heterocycles. The quantitative estimate of drug-likeness (QED) is 0.863. The summed E-state index contributed by atoms with van der Waals surface area (Å²) in [6, 6.07) is 12.6. The lowest BCUT2D eigenvalue weighted by molar-refractivity contribution is 0.193. The Bertz CT molecular complexity index is 872. The van der Waals surface area contributed by atoms with Crippen LogP contribution in [0.5, 0.6) is 0 Å². The molecular formula is C20H21N3O. The van der Waals surface area contributed by atoms with E-state index in [-0.39, 0.29) is 11.2 Å². The van der Waals surface area contributed by atoms with Gasteiger partial charge in [0.25, 0.3) is 0 Å². The Morgan fingerprint density at radius 2 is 2.08 bits per heavy atom. The molecule has 0 spiro atoms. The number of aliphatic hydroxyl groups excluding tert-OH is 1. The van der Waals surface area contributed by atoms with Crippen LogP contribution >= 0.6 is 0 Å². The topological polar surface area (TPSA) is 61.8 Å². The number of aromatic nitrogens is 2. The van der Waals surface area contributed by atoms with Crippen LogP contribution in [0.15, 0.2) is 41.7 Å². The average Bonchev–Trinajstić information content (AvgIpc) is 2.93. The molecule has 2 aliphatic rings. The van der Waals surface area contributed by atoms with Crippen molar-refractivity contribution in [1.82, 2.24) is 9.78 Å². The highest BCUT2D eigenvalue weighted by atomic mass is 16.3. The van der Waals surface area contributed by atoms with Crippen molar-refractivity contribution in [2.75, 3.05) is 0 Å². The van der Waals surface area contributed by atoms with Gasteiger partial charge in [0.1, 0.15) is 5.76 Å². The minimum absolute atomic E-state index is 0.171. The molecule has 0 unspecified atom stereocenters. The zero-order valence-electron chi connectivity index (χ0n) is 14.1. The van der Waals surface area contributed by atoms with Crippen molar-refractivity contribution < 1.29 is 5.11 Å². The number of allylic oxidation sites excluding steroid dienone is 2. The predicted octanol–water partition coefficient (Wildman–Crippen LogP) is 4.04. The summed E-state index contributed by atoms with van der Waals surface area (Å²) in [6.07, 6.45) is 3.18. The van der Waals surface area contributed by atoms with Gasteiger partial charge >= 0.3 is 0 Å². The van der Waals surface area contributed by atoms with E-state index >= 15 is 0 Å². The number of nitrogens with zero attached hydrogens (tertiary/aromatic N) is 3. The van der Waals surface area contributed by atoms with Crippen molar-refractivity contribution in [3.05, 3.63) is 52.9 Å². The number of hydrogen-bond donors (Lipinski definition) is 1. The normalized spacial score (nSPS) is 25.8. The lowest BCUT2D eigenvalue weighted by Crippen LogP contribution is -2.40. The van der Waals surface area contributed by atoms with Gasteiger partial charge in [0, 0.05) is 30.0 Å². The standard InChI is InChI=1S/C20H21N3O/c1-20-11-14(12-21)17(24)10-15(20)8-9-16-18(23(2)22-19(16)20)13-6-4-3-5-7-13/h3-7,15,24H,8-11H2,1-2H3/t15-,20-/m0/s1. The summed E-state index contributed by atoms with van der Waals surface area (Å²) < 4.78 is 1.98. The number of fused-ring (bicyclic) bond motifs is 3. The van der Waals surface area contributed by atoms with Crippen LogP contribution in [0.4, 0.5) is 0 Å². The molecule has 0 saturated carbocycles. The number of hydrogen-bond acceptors (Lipinski definition) is 3. The third-order valence-corrected chi connectivity index (χ3v) is 5.84. The monoisotopic (exact) mass is 319 g/mol. The summed E-state index contributed by atoms with van der Waals surface area (Å²) in [5, 5.41) is 24.4. The number of benzene rings is 1. The van der Waals surface area contributed by atoms with Crippen molar-refractivity contribution in [2.45, 2.75) is 38.0 Å². The first-order chi connectivity index (χ1) is 11.5. The fourth-order valence-corrected chi connectivity index (χ4v) is 4.54. The van der Waals surface area contributed by atoms with E-state index in [1.807, 2.05) is 17.8 Å². The van der Waals surface area contributed by atoms with Gasteiger partial charge in [-0.15, -0.1) is 0 Å². The van der Waals surface area contributed by atoms with Crippen LogP contribution in [-0.4, -0.2) is 14.9 Å². The largest absolute Gasteiger partial charge is 0.511 e. The maximum absolute atomic E-state index is 10.1. The molecule has 24 heavy (non-hydrogen) atoms. The minimum atomic E-state index is -0.171. The Morgan fingerprint density at radius 1 is 1.33 bits per heavy atom. The molecule has 1 aromatic carbocycles. The first kappa shape index (κ1) is 15.0. The van der Waals surface area contributed by atoms with E-state index in [2.05, 4.69) is 37.3 Å². The van der Waals surface area contributed by atoms with E-state index in [9.17, 15) is 10.4 Å². The second-order valence-corrected chi connectivity index (χ2v) is 7.24. The first-order valence-corrected chi connectivity index (χ1v) is 8.47. The molecule has 1 heterocycles. The molecule has 4 rings (SSSR count). The molecule has 0 radical (unpaired) electrons. The molecule has 2 aliphatic carbocycles. The molecule has 0 fully saturated rings. The maximum Gasteiger partial charge on any atom is 0.106 e. The van der Waals surface area contributed by atoms with Crippen LogP contribution < -0.4 is 0 Å². The van der Waals surface area contributed by atoms with Crippen molar-refractivity contribution in [3.8, 4) is 17.3 Å². The summed E-state index contributed by atoms with van der Waals surface area (Å²) >= 11 is 0. The smallest absolute Gasteiger partial charge is 0.106 e. The molecule has 0 saturated heterocycles. The van der Waals surface area contributed by atoms with Crippen LogP contribution in [0, 0.1) is 17.2 Å². The van der Waals surface area contributed by atoms with Crippen molar-refractivity contribution in [3.63, 3.8) is 0 Å². The van der Waals surface area contributed by atoms with Crippen LogP contribution in [0.3, 0.4) is 0 Å². The van der Waals surface area contributed by atoms with E-state index in [4.69, 9.17) is 5.10 Å². The summed E-state index contributed by atoms with van der Waals surface area (Å²) in [5.74, 6) is 0.628. The summed E-state index contributed by atoms with van der Waals surface area (Å²) in [5.41, 5.74) is 5.14. The zero-order valence-corrected chi connectivity index (χ0v) is 14.1. The number of nitriles is 1. The lowest BCUT2D eigenvalue weighted by Gasteiger charge is -2.43. The van der Waals surface area contributed by atoms with Crippen LogP contribution in [0.25, 0.3) is 11.3 Å². The fourth-order valence-electron chi connectivity index (χ4n) is 4.54. The highest BCUT2D eigenvalue weighted by Crippen LogP contribution is 2.52. The third-order valence-electron chi connectivity index (χ3n) is 5.84. The SMILES string of the molecule is Cn1nc2c(c1-c1ccccc1)CC[C@H]1CC(O)=C(C#N)C[C@]21C. The first-order valence-electron chi connectivity index (χ1n) is 8.47. The van der Waals surface area contributed by atoms with Gasteiger partial charge in [-0.3, -0.25) is 4.68 Å². The zero-order chi connectivity index (χ0) is 16.9. The van der Waals surface area contributed by atoms with Crippen LogP contribution in [0.1, 0.15) is 37.4 Å². The number of aliphatic hydroxyl groups is 1. The molecule has 1 N–H and O–H groups in total. The van der Waals surface area contributed by atoms with E-state index in [0.717, 1.165) is 18.5 Å². The van der Waals surface area contributed by atoms with E-state index < -0.39 is 0 Å². The van der Waals surface area contributed by atoms with Gasteiger partial charge in [0.15, 0.2) is 0 Å². The van der Waals surface area contributed by atoms with Gasteiger partial charge in [-0.2, -0.15) is 10.4 Å². The van der Waals surface area contributed by atoms with Gasteiger partial charge in [0.2, 0.25) is 0 Å². The van der Waals surface area contributed by atoms with Crippen LogP contribution in [-0.2, 0) is 18.9 Å². The number of rotatable bonds is 1. The predicted molar refractivity (Wildman–Crippen MR) is 92.3 cm³/mol. The summed E-state index contributed by atoms with van der Waals surface area (Å²) in [4.78, 5) is 0. The van der Waals surface area contributed by atoms with Crippen molar-refractivity contribution in [1.29, 1.82) is 5.26 Å². The Kier molecular flexibility index (Phi) is 3.28. The van der Waals surface area contributed by atoms with Crippen molar-refractivity contribution >= 4 is 0 Å². The van der Waals surface area contributed by atoms with Gasteiger partial charge in [-0.05, 0) is 25.2 Å². The second-order valence-electron chi connectivity index (χ2n) is 7.24. The Morgan fingerprint density at radius 3 is 2.79 bits per heavy atom. The van der Waals surface area contributed by atoms with Gasteiger partial charge in [-0.1, -0.05) is 37.3 Å². The van der Waals surface area contributed by atoms with Gasteiger partial charge in [0.05, 0.1) is 23.0 Å². The van der Waals surface area contributed by atoms with Crippen molar-refractivity contribution in [2.24, 2.45) is 13.0 Å². The van der Waals surface area contributed by atoms with E-state index in [0.29, 0.717) is 24.3 Å². The molecule has 2 aromatic rings. The van der Waals surface area contributed by atoms with E-state index in [1.165, 1.54) is 16.8 Å². The minimum Gasteiger partial charge on any atom is -0.511 e. The number of aryl methyl sites for hydroxylation is 1. The van der Waals surface area contributed by atoms with Gasteiger partial charge in [-0.25, -0.2) is 0 Å². The molecule has 2 atom stereocenters. The average molecular weight is 319 g/mol. The Hall–Kier alpha value is -2.54. The van der Waals surface area contributed by atoms with Crippen LogP contribution in [0.2, 0.25) is 0 Å². The summed E-state index contributed by atoms with van der Waals surface area (Å²) in [7, 11) is 2.00. The molecule has 0 amide bonds. The highest BCUT2D eigenvalue weighted by Gasteiger charge is 2.47. The second kappa shape index (κ2) is 5.24. The molecular weight excluding hydrogens is 298 g/mol. The van der Waals surface area contributed by atoms with Gasteiger partial charge < -0.3 is 5.11 Å². The maximum atomic E-state index is 10.1.